The van der Waals surface area contributed by atoms with Gasteiger partial charge in [0.25, 0.3) is 0 Å². The Hall–Kier alpha value is 0.410. The van der Waals surface area contributed by atoms with Crippen LogP contribution in [0.5, 0.6) is 0 Å². The fraction of sp³-hybridized carbons (Fsp3) is 1.00. The first-order valence-corrected chi connectivity index (χ1v) is 9.79. The van der Waals surface area contributed by atoms with Crippen LogP contribution in [-0.4, -0.2) is 37.9 Å². The lowest BCUT2D eigenvalue weighted by atomic mass is 10.9. The maximum atomic E-state index is 12.1. The summed E-state index contributed by atoms with van der Waals surface area (Å²) >= 11 is 0. The fourth-order valence-corrected chi connectivity index (χ4v) is 4.33. The van der Waals surface area contributed by atoms with Crippen molar-refractivity contribution in [2.75, 3.05) is 18.6 Å². The van der Waals surface area contributed by atoms with E-state index in [0.717, 1.165) is 0 Å². The molecule has 0 heterocycles. The average Bonchev–Trinajstić information content (AvgIpc) is 2.36. The van der Waals surface area contributed by atoms with E-state index >= 15 is 0 Å². The van der Waals surface area contributed by atoms with Crippen LogP contribution >= 0.6 is 7.82 Å². The van der Waals surface area contributed by atoms with Gasteiger partial charge in [-0.05, 0) is 13.8 Å². The molecule has 0 radical (unpaired) electrons. The number of phosphoric acid groups is 1. The van der Waals surface area contributed by atoms with Crippen molar-refractivity contribution < 1.29 is 26.6 Å². The Morgan fingerprint density at radius 1 is 1.00 bits per heavy atom. The summed E-state index contributed by atoms with van der Waals surface area (Å²) in [5.41, 5.74) is -1.55. The van der Waals surface area contributed by atoms with Crippen LogP contribution in [0.2, 0.25) is 0 Å². The molecule has 18 heavy (non-hydrogen) atoms. The monoisotopic (exact) mass is 320 g/mol. The van der Waals surface area contributed by atoms with Crippen LogP contribution in [0, 0.1) is 0 Å². The Kier molecular flexibility index (Phi) is 8.75. The van der Waals surface area contributed by atoms with Gasteiger partial charge < -0.3 is 0 Å². The van der Waals surface area contributed by atoms with Crippen LogP contribution in [0.25, 0.3) is 0 Å². The summed E-state index contributed by atoms with van der Waals surface area (Å²) in [6.07, 6.45) is 0. The highest BCUT2D eigenvalue weighted by Crippen LogP contribution is 2.51. The van der Waals surface area contributed by atoms with E-state index in [2.05, 4.69) is 0 Å². The molecule has 4 atom stereocenters. The van der Waals surface area contributed by atoms with Gasteiger partial charge in [0.05, 0.1) is 21.6 Å². The summed E-state index contributed by atoms with van der Waals surface area (Å²) in [5.74, 6) is 0.753. The van der Waals surface area contributed by atoms with E-state index in [9.17, 15) is 13.0 Å². The average molecular weight is 320 g/mol. The predicted molar refractivity (Wildman–Crippen MR) is 73.1 cm³/mol. The Labute approximate surface area is 113 Å². The molecule has 0 spiro atoms. The van der Waals surface area contributed by atoms with Gasteiger partial charge in [0.1, 0.15) is 10.9 Å². The van der Waals surface area contributed by atoms with Gasteiger partial charge in [-0.25, -0.2) is 4.57 Å². The van der Waals surface area contributed by atoms with Crippen LogP contribution in [0.4, 0.5) is 0 Å². The van der Waals surface area contributed by atoms with Crippen molar-refractivity contribution >= 4 is 29.4 Å². The summed E-state index contributed by atoms with van der Waals surface area (Å²) in [5, 5.41) is 0. The SMILES string of the molecule is CCS(=O)C(C)OP(=O)(OC)OC(C)S(=O)CC. The van der Waals surface area contributed by atoms with Crippen molar-refractivity contribution in [1.82, 2.24) is 0 Å². The lowest BCUT2D eigenvalue weighted by Gasteiger charge is -2.22. The Bertz CT molecular complexity index is 320. The second kappa shape index (κ2) is 8.55. The van der Waals surface area contributed by atoms with Gasteiger partial charge in [-0.15, -0.1) is 0 Å². The molecule has 0 saturated carbocycles. The molecule has 0 aliphatic carbocycles. The van der Waals surface area contributed by atoms with Crippen molar-refractivity contribution in [3.05, 3.63) is 0 Å². The molecule has 0 fully saturated rings. The van der Waals surface area contributed by atoms with Gasteiger partial charge in [-0.3, -0.25) is 22.0 Å². The molecule has 0 aromatic carbocycles. The van der Waals surface area contributed by atoms with Gasteiger partial charge in [0.2, 0.25) is 0 Å². The van der Waals surface area contributed by atoms with Gasteiger partial charge in [0.15, 0.2) is 0 Å². The highest BCUT2D eigenvalue weighted by molar-refractivity contribution is 7.86. The lowest BCUT2D eigenvalue weighted by molar-refractivity contribution is 0.120. The van der Waals surface area contributed by atoms with Crippen LogP contribution in [0.1, 0.15) is 27.7 Å². The molecule has 0 aromatic rings. The molecule has 0 N–H and O–H groups in total. The number of hydrogen-bond acceptors (Lipinski definition) is 6. The fourth-order valence-electron chi connectivity index (χ4n) is 1.04. The molecule has 0 bridgehead atoms. The van der Waals surface area contributed by atoms with Gasteiger partial charge in [-0.1, -0.05) is 13.8 Å². The van der Waals surface area contributed by atoms with E-state index in [4.69, 9.17) is 13.6 Å². The van der Waals surface area contributed by atoms with Crippen LogP contribution in [0.3, 0.4) is 0 Å². The molecule has 0 aliphatic rings. The Morgan fingerprint density at radius 3 is 1.56 bits per heavy atom. The summed E-state index contributed by atoms with van der Waals surface area (Å²) < 4.78 is 49.9. The molecule has 6 nitrogen and oxygen atoms in total. The number of rotatable bonds is 9. The summed E-state index contributed by atoms with van der Waals surface area (Å²) in [4.78, 5) is 0. The zero-order valence-electron chi connectivity index (χ0n) is 11.3. The second-order valence-corrected chi connectivity index (χ2v) is 9.00. The molecule has 0 aromatic heterocycles. The second-order valence-electron chi connectivity index (χ2n) is 3.31. The third-order valence-electron chi connectivity index (χ3n) is 2.09. The van der Waals surface area contributed by atoms with E-state index in [1.807, 2.05) is 0 Å². The third-order valence-corrected chi connectivity index (χ3v) is 6.78. The van der Waals surface area contributed by atoms with Crippen molar-refractivity contribution in [3.63, 3.8) is 0 Å². The maximum Gasteiger partial charge on any atom is 0.476 e. The molecule has 0 rings (SSSR count). The molecular weight excluding hydrogens is 299 g/mol. The smallest absolute Gasteiger partial charge is 0.290 e. The Balaban J connectivity index is 4.67. The largest absolute Gasteiger partial charge is 0.476 e. The first kappa shape index (κ1) is 18.4. The molecule has 110 valence electrons. The van der Waals surface area contributed by atoms with Gasteiger partial charge >= 0.3 is 7.82 Å². The van der Waals surface area contributed by atoms with Gasteiger partial charge in [0, 0.05) is 18.6 Å². The summed E-state index contributed by atoms with van der Waals surface area (Å²) in [7, 11) is -5.22. The summed E-state index contributed by atoms with van der Waals surface area (Å²) in [6, 6.07) is 0. The van der Waals surface area contributed by atoms with E-state index in [-0.39, 0.29) is 0 Å². The van der Waals surface area contributed by atoms with Crippen LogP contribution in [-0.2, 0) is 39.7 Å². The number of phosphoric ester groups is 1. The molecule has 4 unspecified atom stereocenters. The lowest BCUT2D eigenvalue weighted by Crippen LogP contribution is -2.21. The van der Waals surface area contributed by atoms with Gasteiger partial charge in [-0.2, -0.15) is 0 Å². The molecule has 0 amide bonds. The van der Waals surface area contributed by atoms with E-state index in [1.54, 1.807) is 13.8 Å². The first-order valence-electron chi connectivity index (χ1n) is 5.56. The highest BCUT2D eigenvalue weighted by atomic mass is 32.2. The number of hydrogen-bond donors (Lipinski definition) is 0. The van der Waals surface area contributed by atoms with Crippen LogP contribution < -0.4 is 0 Å². The van der Waals surface area contributed by atoms with Crippen molar-refractivity contribution in [1.29, 1.82) is 0 Å². The molecule has 9 heteroatoms. The zero-order chi connectivity index (χ0) is 14.3. The van der Waals surface area contributed by atoms with Crippen molar-refractivity contribution in [2.24, 2.45) is 0 Å². The maximum absolute atomic E-state index is 12.1. The minimum Gasteiger partial charge on any atom is -0.290 e. The van der Waals surface area contributed by atoms with Crippen LogP contribution in [0.15, 0.2) is 0 Å². The normalized spacial score (nSPS) is 21.8. The highest BCUT2D eigenvalue weighted by Gasteiger charge is 2.33. The minimum atomic E-state index is -3.83. The molecular formula is C9H21O6PS2. The predicted octanol–water partition coefficient (Wildman–Crippen LogP) is 2.00. The standard InChI is InChI=1S/C9H21O6PS2/c1-6-17(11)8(3)14-16(10,13-5)15-9(4)18(12)7-2/h8-9H,6-7H2,1-5H3. The van der Waals surface area contributed by atoms with E-state index in [0.29, 0.717) is 11.5 Å². The topological polar surface area (TPSA) is 78.9 Å². The summed E-state index contributed by atoms with van der Waals surface area (Å²) in [6.45, 7) is 6.50. The first-order chi connectivity index (χ1) is 8.29. The van der Waals surface area contributed by atoms with Crippen molar-refractivity contribution in [3.8, 4) is 0 Å². The van der Waals surface area contributed by atoms with Crippen molar-refractivity contribution in [2.45, 2.75) is 38.6 Å². The quantitative estimate of drug-likeness (QED) is 0.605. The van der Waals surface area contributed by atoms with E-state index in [1.165, 1.54) is 21.0 Å². The third kappa shape index (κ3) is 6.04. The minimum absolute atomic E-state index is 0.376. The molecule has 0 aliphatic heterocycles. The molecule has 0 saturated heterocycles. The Morgan fingerprint density at radius 2 is 1.33 bits per heavy atom. The zero-order valence-corrected chi connectivity index (χ0v) is 13.8. The van der Waals surface area contributed by atoms with E-state index < -0.39 is 40.3 Å².